The normalized spacial score (nSPS) is 16.7. The van der Waals surface area contributed by atoms with Gasteiger partial charge >= 0.3 is 0 Å². The van der Waals surface area contributed by atoms with Gasteiger partial charge in [-0.25, -0.2) is 5.84 Å². The Morgan fingerprint density at radius 2 is 1.94 bits per heavy atom. The van der Waals surface area contributed by atoms with Gasteiger partial charge in [0.2, 0.25) is 0 Å². The van der Waals surface area contributed by atoms with Gasteiger partial charge in [0, 0.05) is 42.5 Å². The number of nitrogens with zero attached hydrogens (tertiary/aromatic N) is 2. The van der Waals surface area contributed by atoms with E-state index in [9.17, 15) is 4.79 Å². The summed E-state index contributed by atoms with van der Waals surface area (Å²) in [7, 11) is 2.10. The van der Waals surface area contributed by atoms with Crippen LogP contribution in [0.3, 0.4) is 0 Å². The van der Waals surface area contributed by atoms with Crippen LogP contribution in [0.15, 0.2) is 18.2 Å². The zero-order chi connectivity index (χ0) is 13.1. The topological polar surface area (TPSA) is 61.6 Å². The molecule has 0 spiro atoms. The summed E-state index contributed by atoms with van der Waals surface area (Å²) in [6.07, 6.45) is 0. The Balaban J connectivity index is 2.22. The number of likely N-dealkylation sites (N-methyl/N-ethyl adjacent to an activating group) is 1. The number of rotatable bonds is 2. The molecule has 1 aliphatic rings. The molecule has 1 aromatic carbocycles. The van der Waals surface area contributed by atoms with Crippen molar-refractivity contribution in [2.24, 2.45) is 5.84 Å². The number of hydrogen-bond acceptors (Lipinski definition) is 4. The molecule has 1 heterocycles. The number of nitrogens with two attached hydrogens (primary N) is 1. The van der Waals surface area contributed by atoms with Crippen molar-refractivity contribution in [2.75, 3.05) is 38.1 Å². The summed E-state index contributed by atoms with van der Waals surface area (Å²) < 4.78 is 0. The Hall–Kier alpha value is -1.30. The predicted octanol–water partition coefficient (Wildman–Crippen LogP) is 0.695. The van der Waals surface area contributed by atoms with Crippen molar-refractivity contribution in [2.45, 2.75) is 0 Å². The van der Waals surface area contributed by atoms with Crippen LogP contribution in [0.25, 0.3) is 0 Å². The lowest BCUT2D eigenvalue weighted by Crippen LogP contribution is -2.44. The molecule has 5 nitrogen and oxygen atoms in total. The lowest BCUT2D eigenvalue weighted by Gasteiger charge is -2.34. The highest BCUT2D eigenvalue weighted by Crippen LogP contribution is 2.23. The van der Waals surface area contributed by atoms with Gasteiger partial charge < -0.3 is 9.80 Å². The molecule has 0 bridgehead atoms. The first-order valence-corrected chi connectivity index (χ1v) is 6.23. The van der Waals surface area contributed by atoms with Gasteiger partial charge in [0.15, 0.2) is 0 Å². The predicted molar refractivity (Wildman–Crippen MR) is 72.8 cm³/mol. The minimum absolute atomic E-state index is 0.326. The van der Waals surface area contributed by atoms with Crippen LogP contribution in [0.2, 0.25) is 5.02 Å². The molecule has 1 fully saturated rings. The summed E-state index contributed by atoms with van der Waals surface area (Å²) in [6, 6.07) is 5.31. The Morgan fingerprint density at radius 1 is 1.28 bits per heavy atom. The van der Waals surface area contributed by atoms with Gasteiger partial charge in [-0.2, -0.15) is 0 Å². The van der Waals surface area contributed by atoms with Crippen molar-refractivity contribution in [1.82, 2.24) is 10.3 Å². The van der Waals surface area contributed by atoms with E-state index in [-0.39, 0.29) is 5.91 Å². The summed E-state index contributed by atoms with van der Waals surface area (Å²) >= 11 is 6.04. The van der Waals surface area contributed by atoms with E-state index >= 15 is 0 Å². The van der Waals surface area contributed by atoms with E-state index in [4.69, 9.17) is 17.4 Å². The summed E-state index contributed by atoms with van der Waals surface area (Å²) in [5.74, 6) is 4.81. The van der Waals surface area contributed by atoms with Gasteiger partial charge in [-0.05, 0) is 25.2 Å². The molecule has 3 N–H and O–H groups in total. The molecular weight excluding hydrogens is 252 g/mol. The molecule has 0 saturated carbocycles. The number of hydrogen-bond donors (Lipinski definition) is 2. The average Bonchev–Trinajstić information content (AvgIpc) is 2.38. The van der Waals surface area contributed by atoms with Crippen LogP contribution < -0.4 is 16.2 Å². The molecule has 18 heavy (non-hydrogen) atoms. The number of halogens is 1. The molecule has 0 aromatic heterocycles. The molecule has 0 unspecified atom stereocenters. The minimum atomic E-state index is -0.326. The highest BCUT2D eigenvalue weighted by molar-refractivity contribution is 6.31. The molecule has 6 heteroatoms. The fourth-order valence-electron chi connectivity index (χ4n) is 2.04. The van der Waals surface area contributed by atoms with Crippen LogP contribution >= 0.6 is 11.6 Å². The molecule has 1 aromatic rings. The lowest BCUT2D eigenvalue weighted by atomic mass is 10.1. The molecule has 1 aliphatic heterocycles. The minimum Gasteiger partial charge on any atom is -0.369 e. The number of piperazine rings is 1. The maximum atomic E-state index is 11.5. The second-order valence-electron chi connectivity index (χ2n) is 4.46. The van der Waals surface area contributed by atoms with Gasteiger partial charge in [0.25, 0.3) is 5.91 Å². The number of anilines is 1. The summed E-state index contributed by atoms with van der Waals surface area (Å²) in [5.41, 5.74) is 3.57. The van der Waals surface area contributed by atoms with E-state index < -0.39 is 0 Å². The highest BCUT2D eigenvalue weighted by atomic mass is 35.5. The van der Waals surface area contributed by atoms with Crippen molar-refractivity contribution in [1.29, 1.82) is 0 Å². The van der Waals surface area contributed by atoms with Crippen LogP contribution in [-0.2, 0) is 0 Å². The fraction of sp³-hybridized carbons (Fsp3) is 0.417. The van der Waals surface area contributed by atoms with Crippen molar-refractivity contribution in [3.05, 3.63) is 28.8 Å². The quantitative estimate of drug-likeness (QED) is 0.471. The highest BCUT2D eigenvalue weighted by Gasteiger charge is 2.16. The third-order valence-corrected chi connectivity index (χ3v) is 3.36. The van der Waals surface area contributed by atoms with Gasteiger partial charge in [-0.15, -0.1) is 0 Å². The van der Waals surface area contributed by atoms with Crippen molar-refractivity contribution in [3.8, 4) is 0 Å². The summed E-state index contributed by atoms with van der Waals surface area (Å²) in [4.78, 5) is 16.0. The number of benzene rings is 1. The van der Waals surface area contributed by atoms with Gasteiger partial charge in [0.1, 0.15) is 0 Å². The lowest BCUT2D eigenvalue weighted by molar-refractivity contribution is 0.0953. The standard InChI is InChI=1S/C12H17ClN4O/c1-16-2-4-17(5-3-16)11-7-9(12(18)15-14)6-10(13)8-11/h6-8H,2-5,14H2,1H3,(H,15,18). The van der Waals surface area contributed by atoms with Gasteiger partial charge in [-0.3, -0.25) is 10.2 Å². The zero-order valence-electron chi connectivity index (χ0n) is 10.3. The fourth-order valence-corrected chi connectivity index (χ4v) is 2.27. The molecule has 98 valence electrons. The molecule has 1 saturated heterocycles. The Bertz CT molecular complexity index is 444. The first-order valence-electron chi connectivity index (χ1n) is 5.85. The maximum absolute atomic E-state index is 11.5. The smallest absolute Gasteiger partial charge is 0.265 e. The Kier molecular flexibility index (Phi) is 4.06. The molecular formula is C12H17ClN4O. The molecule has 2 rings (SSSR count). The van der Waals surface area contributed by atoms with E-state index in [0.29, 0.717) is 10.6 Å². The van der Waals surface area contributed by atoms with Crippen LogP contribution in [0.5, 0.6) is 0 Å². The van der Waals surface area contributed by atoms with Gasteiger partial charge in [0.05, 0.1) is 0 Å². The van der Waals surface area contributed by atoms with Crippen molar-refractivity contribution < 1.29 is 4.79 Å². The van der Waals surface area contributed by atoms with Crippen LogP contribution in [-0.4, -0.2) is 44.0 Å². The summed E-state index contributed by atoms with van der Waals surface area (Å²) in [6.45, 7) is 3.87. The summed E-state index contributed by atoms with van der Waals surface area (Å²) in [5, 5.41) is 0.546. The van der Waals surface area contributed by atoms with E-state index in [1.807, 2.05) is 12.1 Å². The monoisotopic (exact) mass is 268 g/mol. The number of carbonyl (C=O) groups excluding carboxylic acids is 1. The van der Waals surface area contributed by atoms with Crippen LogP contribution in [0.1, 0.15) is 10.4 Å². The first-order chi connectivity index (χ1) is 8.60. The van der Waals surface area contributed by atoms with E-state index in [1.165, 1.54) is 0 Å². The number of hydrazine groups is 1. The third kappa shape index (κ3) is 2.93. The Morgan fingerprint density at radius 3 is 2.56 bits per heavy atom. The zero-order valence-corrected chi connectivity index (χ0v) is 11.1. The first kappa shape index (κ1) is 13.1. The average molecular weight is 269 g/mol. The van der Waals surface area contributed by atoms with E-state index in [0.717, 1.165) is 31.9 Å². The third-order valence-electron chi connectivity index (χ3n) is 3.14. The maximum Gasteiger partial charge on any atom is 0.265 e. The number of nitrogens with one attached hydrogen (secondary N) is 1. The molecule has 1 amide bonds. The number of carbonyl (C=O) groups is 1. The van der Waals surface area contributed by atoms with Crippen molar-refractivity contribution in [3.63, 3.8) is 0 Å². The second-order valence-corrected chi connectivity index (χ2v) is 4.90. The van der Waals surface area contributed by atoms with Crippen molar-refractivity contribution >= 4 is 23.2 Å². The van der Waals surface area contributed by atoms with Crippen LogP contribution in [0, 0.1) is 0 Å². The van der Waals surface area contributed by atoms with Crippen LogP contribution in [0.4, 0.5) is 5.69 Å². The Labute approximate surface area is 111 Å². The SMILES string of the molecule is CN1CCN(c2cc(Cl)cc(C(=O)NN)c2)CC1. The number of amides is 1. The number of nitrogen functional groups attached to an aromatic ring is 1. The molecule has 0 radical (unpaired) electrons. The van der Waals surface area contributed by atoms with Gasteiger partial charge in [-0.1, -0.05) is 11.6 Å². The molecule has 0 atom stereocenters. The second kappa shape index (κ2) is 5.56. The van der Waals surface area contributed by atoms with E-state index in [2.05, 4.69) is 22.3 Å². The van der Waals surface area contributed by atoms with E-state index in [1.54, 1.807) is 6.07 Å². The molecule has 0 aliphatic carbocycles. The largest absolute Gasteiger partial charge is 0.369 e.